The van der Waals surface area contributed by atoms with Crippen LogP contribution in [0.3, 0.4) is 0 Å². The second-order valence-corrected chi connectivity index (χ2v) is 7.98. The van der Waals surface area contributed by atoms with Gasteiger partial charge in [-0.2, -0.15) is 5.10 Å². The fourth-order valence-electron chi connectivity index (χ4n) is 3.02. The topological polar surface area (TPSA) is 75.9 Å². The summed E-state index contributed by atoms with van der Waals surface area (Å²) in [6.07, 6.45) is 6.59. The van der Waals surface area contributed by atoms with E-state index in [0.29, 0.717) is 5.82 Å². The molecule has 3 rings (SSSR count). The second-order valence-electron chi connectivity index (χ2n) is 7.98. The molecule has 0 spiro atoms. The Morgan fingerprint density at radius 3 is 2.81 bits per heavy atom. The van der Waals surface area contributed by atoms with Crippen molar-refractivity contribution in [3.05, 3.63) is 24.7 Å². The van der Waals surface area contributed by atoms with Gasteiger partial charge in [0, 0.05) is 18.5 Å². The lowest BCUT2D eigenvalue weighted by molar-refractivity contribution is -0.123. The molecule has 2 aromatic heterocycles. The van der Waals surface area contributed by atoms with Gasteiger partial charge < -0.3 is 10.2 Å². The van der Waals surface area contributed by atoms with Crippen molar-refractivity contribution in [1.29, 1.82) is 0 Å². The highest BCUT2D eigenvalue weighted by molar-refractivity contribution is 6.00. The summed E-state index contributed by atoms with van der Waals surface area (Å²) in [6, 6.07) is 0. The van der Waals surface area contributed by atoms with Crippen LogP contribution in [0.5, 0.6) is 0 Å². The molecule has 1 aliphatic rings. The van der Waals surface area contributed by atoms with E-state index < -0.39 is 5.41 Å². The molecule has 1 saturated heterocycles. The average molecular weight is 356 g/mol. The minimum atomic E-state index is -0.482. The number of anilines is 1. The number of hydrogen-bond donors (Lipinski definition) is 1. The zero-order valence-electron chi connectivity index (χ0n) is 16.0. The fourth-order valence-corrected chi connectivity index (χ4v) is 3.02. The zero-order chi connectivity index (χ0) is 18.7. The van der Waals surface area contributed by atoms with Gasteiger partial charge in [0.05, 0.1) is 18.1 Å². The fraction of sp³-hybridized carbons (Fsp3) is 0.579. The molecular formula is C19H28N6O. The van der Waals surface area contributed by atoms with Crippen LogP contribution in [0.2, 0.25) is 0 Å². The first kappa shape index (κ1) is 18.5. The standard InChI is InChI=1S/C19H28N6O/c1-14-6-5-8-24(9-7-14)10-11-25-17-15(12-22-25)16(20-13-21-17)23-18(26)19(2,3)4/h12-13H,1,5-11H2,2-4H3,(H,20,21,23,26). The van der Waals surface area contributed by atoms with Crippen LogP contribution in [0.25, 0.3) is 11.0 Å². The Balaban J connectivity index is 1.71. The lowest BCUT2D eigenvalue weighted by Crippen LogP contribution is -2.29. The predicted molar refractivity (Wildman–Crippen MR) is 103 cm³/mol. The van der Waals surface area contributed by atoms with Gasteiger partial charge in [-0.25, -0.2) is 14.6 Å². The third-order valence-corrected chi connectivity index (χ3v) is 4.76. The maximum absolute atomic E-state index is 12.3. The first-order valence-corrected chi connectivity index (χ1v) is 9.21. The second kappa shape index (κ2) is 7.53. The van der Waals surface area contributed by atoms with Crippen molar-refractivity contribution in [3.63, 3.8) is 0 Å². The van der Waals surface area contributed by atoms with Crippen molar-refractivity contribution >= 4 is 22.8 Å². The number of fused-ring (bicyclic) bond motifs is 1. The lowest BCUT2D eigenvalue weighted by Gasteiger charge is -2.19. The molecule has 7 heteroatoms. The minimum absolute atomic E-state index is 0.0740. The van der Waals surface area contributed by atoms with Crippen LogP contribution >= 0.6 is 0 Å². The van der Waals surface area contributed by atoms with Crippen molar-refractivity contribution < 1.29 is 4.79 Å². The molecule has 0 atom stereocenters. The molecule has 1 fully saturated rings. The van der Waals surface area contributed by atoms with E-state index in [1.165, 1.54) is 18.3 Å². The van der Waals surface area contributed by atoms with Gasteiger partial charge in [-0.1, -0.05) is 32.9 Å². The van der Waals surface area contributed by atoms with Crippen molar-refractivity contribution in [2.75, 3.05) is 25.0 Å². The molecule has 140 valence electrons. The number of carbonyl (C=O) groups excluding carboxylic acids is 1. The van der Waals surface area contributed by atoms with E-state index in [2.05, 4.69) is 31.9 Å². The van der Waals surface area contributed by atoms with Crippen LogP contribution in [-0.4, -0.2) is 50.2 Å². The maximum atomic E-state index is 12.3. The molecule has 7 nitrogen and oxygen atoms in total. The van der Waals surface area contributed by atoms with Crippen LogP contribution in [0.1, 0.15) is 40.0 Å². The molecule has 1 aliphatic heterocycles. The van der Waals surface area contributed by atoms with Gasteiger partial charge in [-0.3, -0.25) is 4.79 Å². The van der Waals surface area contributed by atoms with E-state index >= 15 is 0 Å². The van der Waals surface area contributed by atoms with Gasteiger partial charge in [0.25, 0.3) is 0 Å². The van der Waals surface area contributed by atoms with Gasteiger partial charge in [-0.05, 0) is 25.8 Å². The van der Waals surface area contributed by atoms with E-state index in [0.717, 1.165) is 50.1 Å². The number of rotatable bonds is 4. The van der Waals surface area contributed by atoms with Gasteiger partial charge in [-0.15, -0.1) is 0 Å². The van der Waals surface area contributed by atoms with Crippen molar-refractivity contribution in [1.82, 2.24) is 24.6 Å². The average Bonchev–Trinajstić information content (AvgIpc) is 2.88. The SMILES string of the molecule is C=C1CCCN(CCn2ncc3c(NC(=O)C(C)(C)C)ncnc32)CC1. The Morgan fingerprint density at radius 1 is 1.23 bits per heavy atom. The number of carbonyl (C=O) groups is 1. The Morgan fingerprint density at radius 2 is 2.04 bits per heavy atom. The molecule has 1 amide bonds. The Kier molecular flexibility index (Phi) is 5.36. The van der Waals surface area contributed by atoms with Crippen molar-refractivity contribution in [2.45, 2.75) is 46.6 Å². The molecule has 0 aliphatic carbocycles. The number of aromatic nitrogens is 4. The quantitative estimate of drug-likeness (QED) is 0.853. The highest BCUT2D eigenvalue weighted by atomic mass is 16.2. The molecule has 0 radical (unpaired) electrons. The van der Waals surface area contributed by atoms with E-state index in [1.54, 1.807) is 6.20 Å². The molecule has 0 bridgehead atoms. The number of nitrogens with one attached hydrogen (secondary N) is 1. The van der Waals surface area contributed by atoms with E-state index in [-0.39, 0.29) is 5.91 Å². The minimum Gasteiger partial charge on any atom is -0.310 e. The highest BCUT2D eigenvalue weighted by Crippen LogP contribution is 2.22. The summed E-state index contributed by atoms with van der Waals surface area (Å²) >= 11 is 0. The molecule has 3 heterocycles. The zero-order valence-corrected chi connectivity index (χ0v) is 16.0. The van der Waals surface area contributed by atoms with E-state index in [1.807, 2.05) is 25.5 Å². The van der Waals surface area contributed by atoms with Gasteiger partial charge in [0.1, 0.15) is 12.1 Å². The van der Waals surface area contributed by atoms with Crippen LogP contribution in [0.4, 0.5) is 5.82 Å². The third kappa shape index (κ3) is 4.27. The maximum Gasteiger partial charge on any atom is 0.230 e. The summed E-state index contributed by atoms with van der Waals surface area (Å²) in [5.41, 5.74) is 1.62. The monoisotopic (exact) mass is 356 g/mol. The summed E-state index contributed by atoms with van der Waals surface area (Å²) in [5, 5.41) is 8.13. The van der Waals surface area contributed by atoms with Crippen LogP contribution in [-0.2, 0) is 11.3 Å². The molecule has 1 N–H and O–H groups in total. The molecule has 2 aromatic rings. The smallest absolute Gasteiger partial charge is 0.230 e. The molecule has 0 aromatic carbocycles. The number of amides is 1. The normalized spacial score (nSPS) is 16.7. The summed E-state index contributed by atoms with van der Waals surface area (Å²) in [4.78, 5) is 23.3. The number of nitrogens with zero attached hydrogens (tertiary/aromatic N) is 5. The van der Waals surface area contributed by atoms with Crippen LogP contribution in [0, 0.1) is 5.41 Å². The Bertz CT molecular complexity index is 804. The van der Waals surface area contributed by atoms with Crippen LogP contribution < -0.4 is 5.32 Å². The van der Waals surface area contributed by atoms with Gasteiger partial charge in [0.15, 0.2) is 5.65 Å². The molecular weight excluding hydrogens is 328 g/mol. The summed E-state index contributed by atoms with van der Waals surface area (Å²) in [6.45, 7) is 13.6. The molecule has 0 saturated carbocycles. The molecule has 26 heavy (non-hydrogen) atoms. The number of likely N-dealkylation sites (tertiary alicyclic amines) is 1. The van der Waals surface area contributed by atoms with Gasteiger partial charge >= 0.3 is 0 Å². The Hall–Kier alpha value is -2.28. The van der Waals surface area contributed by atoms with Crippen molar-refractivity contribution in [3.8, 4) is 0 Å². The summed E-state index contributed by atoms with van der Waals surface area (Å²) < 4.78 is 1.89. The lowest BCUT2D eigenvalue weighted by atomic mass is 9.96. The largest absolute Gasteiger partial charge is 0.310 e. The predicted octanol–water partition coefficient (Wildman–Crippen LogP) is 2.85. The number of hydrogen-bond acceptors (Lipinski definition) is 5. The first-order valence-electron chi connectivity index (χ1n) is 9.21. The van der Waals surface area contributed by atoms with Crippen LogP contribution in [0.15, 0.2) is 24.7 Å². The van der Waals surface area contributed by atoms with Crippen molar-refractivity contribution in [2.24, 2.45) is 5.41 Å². The first-order chi connectivity index (χ1) is 12.3. The summed E-state index contributed by atoms with van der Waals surface area (Å²) in [7, 11) is 0. The van der Waals surface area contributed by atoms with Gasteiger partial charge in [0.2, 0.25) is 5.91 Å². The summed E-state index contributed by atoms with van der Waals surface area (Å²) in [5.74, 6) is 0.447. The highest BCUT2D eigenvalue weighted by Gasteiger charge is 2.23. The third-order valence-electron chi connectivity index (χ3n) is 4.76. The van der Waals surface area contributed by atoms with E-state index in [9.17, 15) is 4.79 Å². The van der Waals surface area contributed by atoms with E-state index in [4.69, 9.17) is 0 Å². The molecule has 0 unspecified atom stereocenters. The Labute approximate surface area is 154 Å².